The van der Waals surface area contributed by atoms with E-state index in [1.54, 1.807) is 19.1 Å². The molecular weight excluding hydrogens is 238 g/mol. The molecule has 0 bridgehead atoms. The van der Waals surface area contributed by atoms with Crippen molar-refractivity contribution in [3.05, 3.63) is 24.3 Å². The van der Waals surface area contributed by atoms with Crippen molar-refractivity contribution in [2.24, 2.45) is 0 Å². The Bertz CT molecular complexity index is 439. The van der Waals surface area contributed by atoms with Gasteiger partial charge in [0.2, 0.25) is 10.0 Å². The Morgan fingerprint density at radius 2 is 1.76 bits per heavy atom. The van der Waals surface area contributed by atoms with Gasteiger partial charge in [0.05, 0.1) is 11.4 Å². The first kappa shape index (κ1) is 13.8. The van der Waals surface area contributed by atoms with E-state index in [1.165, 1.54) is 16.4 Å². The van der Waals surface area contributed by atoms with Gasteiger partial charge in [-0.15, -0.1) is 0 Å². The number of sulfonamides is 1. The first-order chi connectivity index (χ1) is 8.01. The van der Waals surface area contributed by atoms with Crippen LogP contribution in [0.5, 0.6) is 5.75 Å². The largest absolute Gasteiger partial charge is 0.508 e. The maximum atomic E-state index is 12.0. The Morgan fingerprint density at radius 3 is 2.24 bits per heavy atom. The van der Waals surface area contributed by atoms with Crippen molar-refractivity contribution in [2.45, 2.75) is 26.7 Å². The van der Waals surface area contributed by atoms with Gasteiger partial charge in [0.1, 0.15) is 5.75 Å². The molecule has 0 aliphatic carbocycles. The summed E-state index contributed by atoms with van der Waals surface area (Å²) in [7, 11) is -3.25. The summed E-state index contributed by atoms with van der Waals surface area (Å²) < 4.78 is 25.3. The lowest BCUT2D eigenvalue weighted by atomic mass is 10.3. The molecule has 0 aliphatic rings. The summed E-state index contributed by atoms with van der Waals surface area (Å²) in [5.41, 5.74) is 0.609. The predicted octanol–water partition coefficient (Wildman–Crippen LogP) is 2.35. The second-order valence-electron chi connectivity index (χ2n) is 3.84. The monoisotopic (exact) mass is 257 g/mol. The molecule has 5 heteroatoms. The minimum Gasteiger partial charge on any atom is -0.508 e. The van der Waals surface area contributed by atoms with E-state index in [1.807, 2.05) is 6.92 Å². The summed E-state index contributed by atoms with van der Waals surface area (Å²) >= 11 is 0. The Labute approximate surface area is 103 Å². The summed E-state index contributed by atoms with van der Waals surface area (Å²) in [5.74, 6) is 0.218. The molecule has 0 heterocycles. The molecule has 96 valence electrons. The SMILES string of the molecule is CCCCN(c1ccc(O)cc1)S(=O)(=O)CC. The third kappa shape index (κ3) is 3.63. The van der Waals surface area contributed by atoms with Crippen molar-refractivity contribution >= 4 is 15.7 Å². The number of nitrogens with zero attached hydrogens (tertiary/aromatic N) is 1. The second kappa shape index (κ2) is 5.91. The molecule has 0 aliphatic heterocycles. The highest BCUT2D eigenvalue weighted by Gasteiger charge is 2.19. The molecule has 1 rings (SSSR count). The fraction of sp³-hybridized carbons (Fsp3) is 0.500. The molecule has 0 amide bonds. The molecule has 1 aromatic rings. The summed E-state index contributed by atoms with van der Waals surface area (Å²) in [6.45, 7) is 4.14. The van der Waals surface area contributed by atoms with Gasteiger partial charge in [0.15, 0.2) is 0 Å². The van der Waals surface area contributed by atoms with Crippen molar-refractivity contribution < 1.29 is 13.5 Å². The maximum Gasteiger partial charge on any atom is 0.234 e. The van der Waals surface area contributed by atoms with E-state index in [-0.39, 0.29) is 11.5 Å². The summed E-state index contributed by atoms with van der Waals surface area (Å²) in [4.78, 5) is 0. The Kier molecular flexibility index (Phi) is 4.81. The first-order valence-corrected chi connectivity index (χ1v) is 7.41. The van der Waals surface area contributed by atoms with E-state index < -0.39 is 10.0 Å². The standard InChI is InChI=1S/C12H19NO3S/c1-3-5-10-13(17(15,16)4-2)11-6-8-12(14)9-7-11/h6-9,14H,3-5,10H2,1-2H3. The Morgan fingerprint density at radius 1 is 1.18 bits per heavy atom. The average Bonchev–Trinajstić information content (AvgIpc) is 2.31. The molecule has 17 heavy (non-hydrogen) atoms. The van der Waals surface area contributed by atoms with Gasteiger partial charge in [-0.05, 0) is 37.6 Å². The van der Waals surface area contributed by atoms with Crippen molar-refractivity contribution in [1.29, 1.82) is 0 Å². The van der Waals surface area contributed by atoms with Crippen LogP contribution in [0.25, 0.3) is 0 Å². The smallest absolute Gasteiger partial charge is 0.234 e. The highest BCUT2D eigenvalue weighted by molar-refractivity contribution is 7.92. The van der Waals surface area contributed by atoms with E-state index in [0.29, 0.717) is 12.2 Å². The van der Waals surface area contributed by atoms with Gasteiger partial charge in [0, 0.05) is 6.54 Å². The van der Waals surface area contributed by atoms with Crippen LogP contribution in [0.15, 0.2) is 24.3 Å². The van der Waals surface area contributed by atoms with Crippen LogP contribution in [0.1, 0.15) is 26.7 Å². The van der Waals surface area contributed by atoms with Crippen molar-refractivity contribution in [3.63, 3.8) is 0 Å². The molecule has 0 saturated carbocycles. The zero-order chi connectivity index (χ0) is 12.9. The lowest BCUT2D eigenvalue weighted by molar-refractivity contribution is 0.475. The quantitative estimate of drug-likeness (QED) is 0.851. The maximum absolute atomic E-state index is 12.0. The summed E-state index contributed by atoms with van der Waals surface area (Å²) in [6.07, 6.45) is 1.76. The fourth-order valence-electron chi connectivity index (χ4n) is 1.51. The van der Waals surface area contributed by atoms with Crippen LogP contribution in [-0.2, 0) is 10.0 Å². The minimum atomic E-state index is -3.25. The predicted molar refractivity (Wildman–Crippen MR) is 69.8 cm³/mol. The molecule has 0 radical (unpaired) electrons. The molecule has 0 fully saturated rings. The van der Waals surface area contributed by atoms with Gasteiger partial charge >= 0.3 is 0 Å². The van der Waals surface area contributed by atoms with Crippen molar-refractivity contribution in [2.75, 3.05) is 16.6 Å². The van der Waals surface area contributed by atoms with E-state index in [4.69, 9.17) is 0 Å². The number of hydrogen-bond acceptors (Lipinski definition) is 3. The first-order valence-electron chi connectivity index (χ1n) is 5.80. The second-order valence-corrected chi connectivity index (χ2v) is 6.02. The topological polar surface area (TPSA) is 57.6 Å². The summed E-state index contributed by atoms with van der Waals surface area (Å²) in [5, 5.41) is 9.21. The van der Waals surface area contributed by atoms with Crippen LogP contribution in [-0.4, -0.2) is 25.8 Å². The van der Waals surface area contributed by atoms with E-state index >= 15 is 0 Å². The number of benzene rings is 1. The summed E-state index contributed by atoms with van der Waals surface area (Å²) in [6, 6.07) is 6.25. The van der Waals surface area contributed by atoms with Crippen molar-refractivity contribution in [1.82, 2.24) is 0 Å². The lowest BCUT2D eigenvalue weighted by Gasteiger charge is -2.23. The number of aromatic hydroxyl groups is 1. The molecule has 0 aromatic heterocycles. The number of hydrogen-bond donors (Lipinski definition) is 1. The molecule has 0 atom stereocenters. The lowest BCUT2D eigenvalue weighted by Crippen LogP contribution is -2.33. The van der Waals surface area contributed by atoms with E-state index in [0.717, 1.165) is 12.8 Å². The normalized spacial score (nSPS) is 11.4. The van der Waals surface area contributed by atoms with Crippen LogP contribution < -0.4 is 4.31 Å². The Balaban J connectivity index is 3.02. The van der Waals surface area contributed by atoms with Crippen LogP contribution in [0.3, 0.4) is 0 Å². The fourth-order valence-corrected chi connectivity index (χ4v) is 2.67. The number of anilines is 1. The van der Waals surface area contributed by atoms with Gasteiger partial charge in [0.25, 0.3) is 0 Å². The molecule has 4 nitrogen and oxygen atoms in total. The molecule has 0 spiro atoms. The number of unbranched alkanes of at least 4 members (excludes halogenated alkanes) is 1. The number of phenolic OH excluding ortho intramolecular Hbond substituents is 1. The van der Waals surface area contributed by atoms with Gasteiger partial charge in [-0.1, -0.05) is 13.3 Å². The zero-order valence-corrected chi connectivity index (χ0v) is 11.1. The molecular formula is C12H19NO3S. The third-order valence-electron chi connectivity index (χ3n) is 2.55. The third-order valence-corrected chi connectivity index (χ3v) is 4.35. The van der Waals surface area contributed by atoms with Crippen molar-refractivity contribution in [3.8, 4) is 5.75 Å². The number of phenols is 1. The number of rotatable bonds is 6. The molecule has 1 aromatic carbocycles. The van der Waals surface area contributed by atoms with Crippen LogP contribution in [0.2, 0.25) is 0 Å². The van der Waals surface area contributed by atoms with Crippen LogP contribution in [0, 0.1) is 0 Å². The highest BCUT2D eigenvalue weighted by Crippen LogP contribution is 2.22. The van der Waals surface area contributed by atoms with Gasteiger partial charge in [-0.25, -0.2) is 8.42 Å². The zero-order valence-electron chi connectivity index (χ0n) is 10.3. The average molecular weight is 257 g/mol. The van der Waals surface area contributed by atoms with Gasteiger partial charge in [-0.2, -0.15) is 0 Å². The molecule has 0 unspecified atom stereocenters. The van der Waals surface area contributed by atoms with Crippen LogP contribution >= 0.6 is 0 Å². The van der Waals surface area contributed by atoms with Gasteiger partial charge in [-0.3, -0.25) is 4.31 Å². The minimum absolute atomic E-state index is 0.0809. The molecule has 0 saturated heterocycles. The molecule has 1 N–H and O–H groups in total. The highest BCUT2D eigenvalue weighted by atomic mass is 32.2. The van der Waals surface area contributed by atoms with Crippen LogP contribution in [0.4, 0.5) is 5.69 Å². The Hall–Kier alpha value is -1.23. The van der Waals surface area contributed by atoms with E-state index in [9.17, 15) is 13.5 Å². The van der Waals surface area contributed by atoms with Gasteiger partial charge < -0.3 is 5.11 Å². The van der Waals surface area contributed by atoms with E-state index in [2.05, 4.69) is 0 Å².